The summed E-state index contributed by atoms with van der Waals surface area (Å²) < 4.78 is 15.7. The van der Waals surface area contributed by atoms with Gasteiger partial charge in [-0.1, -0.05) is 19.4 Å². The fourth-order valence-corrected chi connectivity index (χ4v) is 5.68. The van der Waals surface area contributed by atoms with Crippen molar-refractivity contribution >= 4 is 17.4 Å². The van der Waals surface area contributed by atoms with Crippen molar-refractivity contribution in [3.8, 4) is 5.75 Å². The fraction of sp³-hybridized carbons (Fsp3) is 0.565. The number of nitrogens with one attached hydrogen (secondary N) is 1. The van der Waals surface area contributed by atoms with Gasteiger partial charge in [0, 0.05) is 24.8 Å². The summed E-state index contributed by atoms with van der Waals surface area (Å²) in [5.74, 6) is 0.598. The molecule has 2 fully saturated rings. The molecule has 3 aliphatic rings. The van der Waals surface area contributed by atoms with Crippen molar-refractivity contribution < 1.29 is 23.8 Å². The summed E-state index contributed by atoms with van der Waals surface area (Å²) in [5.41, 5.74) is 1.32. The number of piperidine rings is 1. The quantitative estimate of drug-likeness (QED) is 0.451. The molecule has 4 atom stereocenters. The Morgan fingerprint density at radius 2 is 2.13 bits per heavy atom. The van der Waals surface area contributed by atoms with Gasteiger partial charge in [-0.3, -0.25) is 9.69 Å². The van der Waals surface area contributed by atoms with E-state index in [1.165, 1.54) is 13.4 Å². The zero-order valence-corrected chi connectivity index (χ0v) is 18.1. The van der Waals surface area contributed by atoms with Crippen LogP contribution in [0, 0.1) is 11.8 Å². The molecule has 1 aromatic rings. The number of anilines is 1. The molecule has 3 heterocycles. The number of ketones is 1. The summed E-state index contributed by atoms with van der Waals surface area (Å²) in [6.07, 6.45) is 3.88. The molecule has 1 unspecified atom stereocenters. The molecule has 0 amide bonds. The van der Waals surface area contributed by atoms with Gasteiger partial charge in [0.1, 0.15) is 11.3 Å². The number of benzene rings is 1. The van der Waals surface area contributed by atoms with Crippen LogP contribution in [0.1, 0.15) is 36.5 Å². The van der Waals surface area contributed by atoms with Crippen LogP contribution in [0.5, 0.6) is 5.75 Å². The lowest BCUT2D eigenvalue weighted by Crippen LogP contribution is -2.57. The number of carbonyl (C=O) groups is 2. The number of ether oxygens (including phenoxy) is 3. The smallest absolute Gasteiger partial charge is 0.337 e. The number of rotatable bonds is 5. The van der Waals surface area contributed by atoms with Crippen LogP contribution in [0.25, 0.3) is 0 Å². The van der Waals surface area contributed by atoms with Crippen LogP contribution in [0.4, 0.5) is 5.69 Å². The van der Waals surface area contributed by atoms with E-state index in [2.05, 4.69) is 17.1 Å². The van der Waals surface area contributed by atoms with Gasteiger partial charge in [0.25, 0.3) is 0 Å². The Bertz CT molecular complexity index is 882. The lowest BCUT2D eigenvalue weighted by molar-refractivity contribution is -0.137. The van der Waals surface area contributed by atoms with Gasteiger partial charge in [0.15, 0.2) is 5.78 Å². The first-order valence-corrected chi connectivity index (χ1v) is 10.6. The predicted molar refractivity (Wildman–Crippen MR) is 113 cm³/mol. The van der Waals surface area contributed by atoms with Gasteiger partial charge in [-0.25, -0.2) is 4.79 Å². The third-order valence-corrected chi connectivity index (χ3v) is 7.14. The maximum atomic E-state index is 13.7. The average molecular weight is 415 g/mol. The Hall–Kier alpha value is -2.54. The van der Waals surface area contributed by atoms with E-state index < -0.39 is 5.54 Å². The number of fused-ring (bicyclic) bond motifs is 3. The van der Waals surface area contributed by atoms with Crippen molar-refractivity contribution in [1.82, 2.24) is 4.90 Å². The Labute approximate surface area is 177 Å². The Morgan fingerprint density at radius 1 is 1.33 bits per heavy atom. The average Bonchev–Trinajstić information content (AvgIpc) is 3.28. The van der Waals surface area contributed by atoms with E-state index in [4.69, 9.17) is 14.2 Å². The zero-order valence-electron chi connectivity index (χ0n) is 18.1. The lowest BCUT2D eigenvalue weighted by Gasteiger charge is -2.45. The van der Waals surface area contributed by atoms with Crippen LogP contribution in [-0.4, -0.2) is 62.7 Å². The Morgan fingerprint density at radius 3 is 2.80 bits per heavy atom. The summed E-state index contributed by atoms with van der Waals surface area (Å²) >= 11 is 0. The Balaban J connectivity index is 1.70. The van der Waals surface area contributed by atoms with E-state index in [-0.39, 0.29) is 23.7 Å². The SMILES string of the molecule is CC[C@@H]1CN2CC[C@]3(Nc4cccc(OC)c4C3=O)C2C[C@@H]1C(=COC)C(=O)OC. The molecule has 7 heteroatoms. The van der Waals surface area contributed by atoms with E-state index in [1.54, 1.807) is 14.2 Å². The second-order valence-corrected chi connectivity index (χ2v) is 8.38. The molecule has 1 N–H and O–H groups in total. The molecule has 30 heavy (non-hydrogen) atoms. The standard InChI is InChI=1S/C23H30N2O5/c1-5-14-12-25-10-9-23(19(25)11-15(14)16(13-28-2)22(27)30-4)21(26)20-17(24-23)7-6-8-18(20)29-3/h6-8,13-15,19,24H,5,9-12H2,1-4H3/t14-,15+,19?,23+/m1/s1. The molecule has 1 aromatic carbocycles. The summed E-state index contributed by atoms with van der Waals surface area (Å²) in [6, 6.07) is 5.65. The maximum absolute atomic E-state index is 13.7. The summed E-state index contributed by atoms with van der Waals surface area (Å²) in [6.45, 7) is 3.84. The molecule has 0 aromatic heterocycles. The van der Waals surface area contributed by atoms with E-state index in [0.29, 0.717) is 29.2 Å². The first kappa shape index (κ1) is 20.7. The number of carbonyl (C=O) groups excluding carboxylic acids is 2. The van der Waals surface area contributed by atoms with Gasteiger partial charge in [0.2, 0.25) is 0 Å². The monoisotopic (exact) mass is 414 g/mol. The number of esters is 1. The van der Waals surface area contributed by atoms with Crippen molar-refractivity contribution in [3.63, 3.8) is 0 Å². The van der Waals surface area contributed by atoms with Gasteiger partial charge >= 0.3 is 5.97 Å². The fourth-order valence-electron chi connectivity index (χ4n) is 5.68. The van der Waals surface area contributed by atoms with Crippen molar-refractivity contribution in [3.05, 3.63) is 35.6 Å². The molecule has 0 radical (unpaired) electrons. The first-order chi connectivity index (χ1) is 14.5. The molecule has 2 saturated heterocycles. The van der Waals surface area contributed by atoms with Gasteiger partial charge in [-0.05, 0) is 36.8 Å². The summed E-state index contributed by atoms with van der Waals surface area (Å²) in [5, 5.41) is 3.56. The van der Waals surface area contributed by atoms with E-state index in [1.807, 2.05) is 18.2 Å². The van der Waals surface area contributed by atoms with Gasteiger partial charge in [-0.15, -0.1) is 0 Å². The minimum atomic E-state index is -0.692. The van der Waals surface area contributed by atoms with E-state index in [9.17, 15) is 9.59 Å². The minimum Gasteiger partial charge on any atom is -0.504 e. The van der Waals surface area contributed by atoms with Crippen LogP contribution < -0.4 is 10.1 Å². The van der Waals surface area contributed by atoms with Gasteiger partial charge in [0.05, 0.1) is 38.7 Å². The highest BCUT2D eigenvalue weighted by molar-refractivity contribution is 6.16. The van der Waals surface area contributed by atoms with Crippen molar-refractivity contribution in [2.45, 2.75) is 37.8 Å². The second kappa shape index (κ2) is 7.95. The third-order valence-electron chi connectivity index (χ3n) is 7.14. The van der Waals surface area contributed by atoms with Gasteiger partial charge in [-0.2, -0.15) is 0 Å². The summed E-state index contributed by atoms with van der Waals surface area (Å²) in [7, 11) is 4.53. The molecule has 7 nitrogen and oxygen atoms in total. The lowest BCUT2D eigenvalue weighted by atomic mass is 9.72. The van der Waals surface area contributed by atoms with Crippen molar-refractivity contribution in [2.24, 2.45) is 11.8 Å². The Kier molecular flexibility index (Phi) is 5.49. The molecule has 1 spiro atoms. The second-order valence-electron chi connectivity index (χ2n) is 8.38. The van der Waals surface area contributed by atoms with Crippen LogP contribution in [-0.2, 0) is 14.3 Å². The van der Waals surface area contributed by atoms with Crippen LogP contribution in [0.3, 0.4) is 0 Å². The topological polar surface area (TPSA) is 77.1 Å². The molecular formula is C23H30N2O5. The normalized spacial score (nSPS) is 30.6. The number of hydrogen-bond donors (Lipinski definition) is 1. The maximum Gasteiger partial charge on any atom is 0.337 e. The van der Waals surface area contributed by atoms with Crippen LogP contribution in [0.15, 0.2) is 30.0 Å². The zero-order chi connectivity index (χ0) is 21.5. The number of methoxy groups -OCH3 is 3. The molecule has 3 aliphatic heterocycles. The molecule has 0 saturated carbocycles. The molecule has 0 bridgehead atoms. The number of nitrogens with zero attached hydrogens (tertiary/aromatic N) is 1. The molecule has 0 aliphatic carbocycles. The molecule has 162 valence electrons. The number of hydrogen-bond acceptors (Lipinski definition) is 7. The minimum absolute atomic E-state index is 0.0141. The third kappa shape index (κ3) is 2.98. The highest BCUT2D eigenvalue weighted by Crippen LogP contribution is 2.50. The van der Waals surface area contributed by atoms with E-state index in [0.717, 1.165) is 31.6 Å². The summed E-state index contributed by atoms with van der Waals surface area (Å²) in [4.78, 5) is 28.6. The highest BCUT2D eigenvalue weighted by atomic mass is 16.5. The van der Waals surface area contributed by atoms with Crippen molar-refractivity contribution in [1.29, 1.82) is 0 Å². The molecular weight excluding hydrogens is 384 g/mol. The van der Waals surface area contributed by atoms with Crippen molar-refractivity contribution in [2.75, 3.05) is 39.7 Å². The van der Waals surface area contributed by atoms with Crippen LogP contribution >= 0.6 is 0 Å². The first-order valence-electron chi connectivity index (χ1n) is 10.6. The van der Waals surface area contributed by atoms with Gasteiger partial charge < -0.3 is 19.5 Å². The van der Waals surface area contributed by atoms with E-state index >= 15 is 0 Å². The number of Topliss-reactive ketones (excluding diaryl/α,β-unsaturated/α-hetero) is 1. The largest absolute Gasteiger partial charge is 0.504 e. The molecule has 4 rings (SSSR count). The highest BCUT2D eigenvalue weighted by Gasteiger charge is 2.59. The predicted octanol–water partition coefficient (Wildman–Crippen LogP) is 2.87. The van der Waals surface area contributed by atoms with Crippen LogP contribution in [0.2, 0.25) is 0 Å².